The summed E-state index contributed by atoms with van der Waals surface area (Å²) in [6.45, 7) is 0. The van der Waals surface area contributed by atoms with Crippen molar-refractivity contribution in [3.63, 3.8) is 0 Å². The summed E-state index contributed by atoms with van der Waals surface area (Å²) in [5, 5.41) is 11.1. The summed E-state index contributed by atoms with van der Waals surface area (Å²) in [6, 6.07) is 19.6. The molecule has 3 aromatic rings. The largest absolute Gasteiger partial charge is 0.289 e. The zero-order valence-electron chi connectivity index (χ0n) is 13.9. The number of carbonyl (C=O) groups is 1. The van der Waals surface area contributed by atoms with E-state index < -0.39 is 25.5 Å². The van der Waals surface area contributed by atoms with Gasteiger partial charge in [0.15, 0.2) is 10.7 Å². The maximum atomic E-state index is 12.5. The van der Waals surface area contributed by atoms with Gasteiger partial charge in [-0.2, -0.15) is 0 Å². The molecule has 27 heavy (non-hydrogen) atoms. The van der Waals surface area contributed by atoms with Crippen molar-refractivity contribution in [3.05, 3.63) is 100 Å². The standard InChI is InChI=1S/C19H14N2O5S/c22-19(14-6-2-1-3-7-14)15-10-12-16(13-11-15)20-27(25,26)18-9-5-4-8-17(18)21(23)24/h1-13,20H. The second kappa shape index (κ2) is 7.38. The Bertz CT molecular complexity index is 1090. The predicted molar refractivity (Wildman–Crippen MR) is 100 cm³/mol. The molecule has 3 rings (SSSR count). The summed E-state index contributed by atoms with van der Waals surface area (Å²) >= 11 is 0. The number of ketones is 1. The Kier molecular flexibility index (Phi) is 5.00. The highest BCUT2D eigenvalue weighted by Gasteiger charge is 2.25. The lowest BCUT2D eigenvalue weighted by Gasteiger charge is -2.09. The van der Waals surface area contributed by atoms with Gasteiger partial charge < -0.3 is 0 Å². The lowest BCUT2D eigenvalue weighted by atomic mass is 10.0. The van der Waals surface area contributed by atoms with Gasteiger partial charge in [-0.3, -0.25) is 19.6 Å². The molecule has 0 radical (unpaired) electrons. The van der Waals surface area contributed by atoms with E-state index in [4.69, 9.17) is 0 Å². The third-order valence-corrected chi connectivity index (χ3v) is 5.22. The first kappa shape index (κ1) is 18.3. The number of nitrogens with zero attached hydrogens (tertiary/aromatic N) is 1. The molecule has 0 atom stereocenters. The van der Waals surface area contributed by atoms with Crippen LogP contribution in [0.15, 0.2) is 83.8 Å². The second-order valence-corrected chi connectivity index (χ2v) is 7.25. The Hall–Kier alpha value is -3.52. The summed E-state index contributed by atoms with van der Waals surface area (Å²) in [5.74, 6) is -0.191. The normalized spacial score (nSPS) is 11.0. The van der Waals surface area contributed by atoms with Gasteiger partial charge in [0.1, 0.15) is 0 Å². The molecule has 7 nitrogen and oxygen atoms in total. The number of benzene rings is 3. The molecule has 0 spiro atoms. The topological polar surface area (TPSA) is 106 Å². The first-order valence-electron chi connectivity index (χ1n) is 7.84. The van der Waals surface area contributed by atoms with Gasteiger partial charge in [-0.25, -0.2) is 8.42 Å². The van der Waals surface area contributed by atoms with Crippen molar-refractivity contribution in [1.29, 1.82) is 0 Å². The molecular weight excluding hydrogens is 368 g/mol. The van der Waals surface area contributed by atoms with Gasteiger partial charge in [-0.1, -0.05) is 42.5 Å². The summed E-state index contributed by atoms with van der Waals surface area (Å²) in [7, 11) is -4.15. The zero-order valence-corrected chi connectivity index (χ0v) is 14.7. The number of sulfonamides is 1. The fourth-order valence-corrected chi connectivity index (χ4v) is 3.72. The molecule has 0 fully saturated rings. The summed E-state index contributed by atoms with van der Waals surface area (Å²) in [5.41, 5.74) is 0.596. The highest BCUT2D eigenvalue weighted by atomic mass is 32.2. The van der Waals surface area contributed by atoms with Crippen molar-refractivity contribution in [2.24, 2.45) is 0 Å². The summed E-state index contributed by atoms with van der Waals surface area (Å²) in [4.78, 5) is 22.2. The van der Waals surface area contributed by atoms with Crippen molar-refractivity contribution >= 4 is 27.2 Å². The Morgan fingerprint density at radius 2 is 1.37 bits per heavy atom. The van der Waals surface area contributed by atoms with Crippen LogP contribution in [0.25, 0.3) is 0 Å². The molecule has 3 aromatic carbocycles. The van der Waals surface area contributed by atoms with Crippen molar-refractivity contribution in [2.45, 2.75) is 4.90 Å². The minimum absolute atomic E-state index is 0.191. The molecule has 0 saturated carbocycles. The molecule has 0 bridgehead atoms. The van der Waals surface area contributed by atoms with Gasteiger partial charge in [0.25, 0.3) is 15.7 Å². The van der Waals surface area contributed by atoms with Crippen LogP contribution < -0.4 is 4.72 Å². The van der Waals surface area contributed by atoms with Crippen molar-refractivity contribution in [2.75, 3.05) is 4.72 Å². The average Bonchev–Trinajstić information content (AvgIpc) is 2.68. The monoisotopic (exact) mass is 382 g/mol. The molecule has 0 saturated heterocycles. The molecule has 1 N–H and O–H groups in total. The van der Waals surface area contributed by atoms with Gasteiger partial charge in [0, 0.05) is 22.9 Å². The van der Waals surface area contributed by atoms with Crippen LogP contribution in [-0.2, 0) is 10.0 Å². The second-order valence-electron chi connectivity index (χ2n) is 5.60. The van der Waals surface area contributed by atoms with Gasteiger partial charge in [-0.15, -0.1) is 0 Å². The molecule has 0 aliphatic carbocycles. The molecule has 0 unspecified atom stereocenters. The van der Waals surface area contributed by atoms with E-state index in [1.165, 1.54) is 36.4 Å². The van der Waals surface area contributed by atoms with E-state index in [0.29, 0.717) is 11.1 Å². The predicted octanol–water partition coefficient (Wildman–Crippen LogP) is 3.63. The van der Waals surface area contributed by atoms with E-state index in [9.17, 15) is 23.3 Å². The molecule has 0 heterocycles. The Morgan fingerprint density at radius 3 is 2.00 bits per heavy atom. The molecule has 0 amide bonds. The SMILES string of the molecule is O=C(c1ccccc1)c1ccc(NS(=O)(=O)c2ccccc2[N+](=O)[O-])cc1. The molecule has 0 aliphatic rings. The number of rotatable bonds is 6. The van der Waals surface area contributed by atoms with Crippen molar-refractivity contribution in [3.8, 4) is 0 Å². The van der Waals surface area contributed by atoms with Gasteiger partial charge in [0.05, 0.1) is 4.92 Å². The highest BCUT2D eigenvalue weighted by molar-refractivity contribution is 7.92. The molecule has 136 valence electrons. The van der Waals surface area contributed by atoms with Crippen LogP contribution in [-0.4, -0.2) is 19.1 Å². The number of carbonyl (C=O) groups excluding carboxylic acids is 1. The van der Waals surface area contributed by atoms with Gasteiger partial charge >= 0.3 is 0 Å². The molecular formula is C19H14N2O5S. The zero-order chi connectivity index (χ0) is 19.4. The maximum Gasteiger partial charge on any atom is 0.289 e. The smallest absolute Gasteiger partial charge is 0.289 e. The Morgan fingerprint density at radius 1 is 0.815 bits per heavy atom. The van der Waals surface area contributed by atoms with E-state index in [0.717, 1.165) is 12.1 Å². The number of nitro groups is 1. The van der Waals surface area contributed by atoms with Crippen LogP contribution >= 0.6 is 0 Å². The van der Waals surface area contributed by atoms with E-state index >= 15 is 0 Å². The maximum absolute atomic E-state index is 12.5. The number of hydrogen-bond acceptors (Lipinski definition) is 5. The first-order valence-corrected chi connectivity index (χ1v) is 9.33. The number of para-hydroxylation sites is 1. The fourth-order valence-electron chi connectivity index (χ4n) is 2.49. The highest BCUT2D eigenvalue weighted by Crippen LogP contribution is 2.25. The van der Waals surface area contributed by atoms with Crippen molar-refractivity contribution < 1.29 is 18.1 Å². The Labute approximate surface area is 155 Å². The van der Waals surface area contributed by atoms with Crippen molar-refractivity contribution in [1.82, 2.24) is 0 Å². The molecule has 0 aliphatic heterocycles. The fraction of sp³-hybridized carbons (Fsp3) is 0. The summed E-state index contributed by atoms with van der Waals surface area (Å²) < 4.78 is 27.3. The van der Waals surface area contributed by atoms with Crippen LogP contribution in [0.2, 0.25) is 0 Å². The van der Waals surface area contributed by atoms with Crippen LogP contribution in [0.4, 0.5) is 11.4 Å². The number of anilines is 1. The van der Waals surface area contributed by atoms with E-state index in [1.54, 1.807) is 30.3 Å². The van der Waals surface area contributed by atoms with E-state index in [1.807, 2.05) is 0 Å². The van der Waals surface area contributed by atoms with Gasteiger partial charge in [0.2, 0.25) is 0 Å². The molecule has 8 heteroatoms. The van der Waals surface area contributed by atoms with Crippen LogP contribution in [0.3, 0.4) is 0 Å². The van der Waals surface area contributed by atoms with E-state index in [-0.39, 0.29) is 11.5 Å². The van der Waals surface area contributed by atoms with E-state index in [2.05, 4.69) is 4.72 Å². The first-order chi connectivity index (χ1) is 12.9. The van der Waals surface area contributed by atoms with Gasteiger partial charge in [-0.05, 0) is 30.3 Å². The van der Waals surface area contributed by atoms with Crippen LogP contribution in [0, 0.1) is 10.1 Å². The number of nitrogens with one attached hydrogen (secondary N) is 1. The van der Waals surface area contributed by atoms with Crippen LogP contribution in [0.1, 0.15) is 15.9 Å². The Balaban J connectivity index is 1.85. The lowest BCUT2D eigenvalue weighted by Crippen LogP contribution is -2.14. The minimum atomic E-state index is -4.15. The molecule has 0 aromatic heterocycles. The lowest BCUT2D eigenvalue weighted by molar-refractivity contribution is -0.387. The third kappa shape index (κ3) is 4.01. The third-order valence-electron chi connectivity index (χ3n) is 3.79. The number of hydrogen-bond donors (Lipinski definition) is 1. The summed E-state index contributed by atoms with van der Waals surface area (Å²) in [6.07, 6.45) is 0. The quantitative estimate of drug-likeness (QED) is 0.398. The average molecular weight is 382 g/mol. The number of nitro benzene ring substituents is 1. The minimum Gasteiger partial charge on any atom is -0.289 e. The van der Waals surface area contributed by atoms with Crippen LogP contribution in [0.5, 0.6) is 0 Å².